The molecule has 0 radical (unpaired) electrons. The van der Waals surface area contributed by atoms with Crippen molar-refractivity contribution in [2.45, 2.75) is 39.8 Å². The maximum atomic E-state index is 13.2. The summed E-state index contributed by atoms with van der Waals surface area (Å²) in [6.07, 6.45) is -0.498. The van der Waals surface area contributed by atoms with Crippen LogP contribution in [0.3, 0.4) is 0 Å². The fourth-order valence-electron chi connectivity index (χ4n) is 3.49. The minimum Gasteiger partial charge on any atom is -0.497 e. The number of nitrogens with zero attached hydrogens (tertiary/aromatic N) is 1. The number of fused-ring (bicyclic) bond motifs is 1. The highest BCUT2D eigenvalue weighted by Gasteiger charge is 2.18. The molecule has 1 aromatic heterocycles. The summed E-state index contributed by atoms with van der Waals surface area (Å²) in [7, 11) is 1.61. The maximum absolute atomic E-state index is 13.2. The van der Waals surface area contributed by atoms with E-state index in [2.05, 4.69) is 5.32 Å². The third kappa shape index (κ3) is 4.64. The highest BCUT2D eigenvalue weighted by atomic mass is 16.6. The van der Waals surface area contributed by atoms with Crippen molar-refractivity contribution in [1.82, 2.24) is 9.88 Å². The zero-order valence-electron chi connectivity index (χ0n) is 18.1. The first-order chi connectivity index (χ1) is 14.2. The molecule has 0 bridgehead atoms. The Morgan fingerprint density at radius 2 is 1.77 bits per heavy atom. The lowest BCUT2D eigenvalue weighted by atomic mass is 9.97. The minimum atomic E-state index is -0.570. The van der Waals surface area contributed by atoms with Gasteiger partial charge in [-0.05, 0) is 51.5 Å². The van der Waals surface area contributed by atoms with Crippen LogP contribution in [0.5, 0.6) is 5.75 Å². The molecule has 0 saturated heterocycles. The van der Waals surface area contributed by atoms with Gasteiger partial charge in [-0.25, -0.2) is 4.79 Å². The second-order valence-corrected chi connectivity index (χ2v) is 8.12. The Balaban J connectivity index is 2.03. The van der Waals surface area contributed by atoms with Crippen LogP contribution in [-0.2, 0) is 11.3 Å². The highest BCUT2D eigenvalue weighted by Crippen LogP contribution is 2.32. The number of alkyl carbamates (subject to hydrolysis) is 1. The molecular weight excluding hydrogens is 380 g/mol. The first-order valence-corrected chi connectivity index (χ1v) is 9.94. The number of aromatic nitrogens is 1. The lowest BCUT2D eigenvalue weighted by molar-refractivity contribution is 0.0526. The van der Waals surface area contributed by atoms with Gasteiger partial charge < -0.3 is 19.4 Å². The van der Waals surface area contributed by atoms with Crippen LogP contribution in [0.2, 0.25) is 0 Å². The van der Waals surface area contributed by atoms with Gasteiger partial charge in [-0.15, -0.1) is 0 Å². The molecule has 0 unspecified atom stereocenters. The molecule has 0 fully saturated rings. The third-order valence-corrected chi connectivity index (χ3v) is 4.80. The Bertz CT molecular complexity index is 1110. The number of carbonyl (C=O) groups excluding carboxylic acids is 1. The largest absolute Gasteiger partial charge is 0.497 e. The Kier molecular flexibility index (Phi) is 6.15. The Morgan fingerprint density at radius 1 is 1.07 bits per heavy atom. The number of rotatable bonds is 5. The number of nitrogens with one attached hydrogen (secondary N) is 1. The van der Waals surface area contributed by atoms with Gasteiger partial charge in [-0.1, -0.05) is 30.3 Å². The molecule has 0 spiro atoms. The predicted molar refractivity (Wildman–Crippen MR) is 119 cm³/mol. The molecule has 158 valence electrons. The van der Waals surface area contributed by atoms with Crippen molar-refractivity contribution in [2.24, 2.45) is 0 Å². The second kappa shape index (κ2) is 8.61. The molecule has 1 heterocycles. The SMILES string of the molecule is COc1ccc2c(=O)n(CCNC(=O)OC(C)(C)C)c(C)c(-c3ccccc3)c2c1. The van der Waals surface area contributed by atoms with E-state index in [1.54, 1.807) is 23.8 Å². The van der Waals surface area contributed by atoms with E-state index >= 15 is 0 Å². The monoisotopic (exact) mass is 408 g/mol. The molecule has 6 heteroatoms. The van der Waals surface area contributed by atoms with Crippen LogP contribution in [0.1, 0.15) is 26.5 Å². The van der Waals surface area contributed by atoms with Gasteiger partial charge in [0.05, 0.1) is 7.11 Å². The first-order valence-electron chi connectivity index (χ1n) is 9.94. The number of methoxy groups -OCH3 is 1. The molecular formula is C24H28N2O4. The van der Waals surface area contributed by atoms with E-state index in [1.807, 2.05) is 64.1 Å². The molecule has 2 aromatic carbocycles. The van der Waals surface area contributed by atoms with E-state index in [-0.39, 0.29) is 12.1 Å². The van der Waals surface area contributed by atoms with E-state index in [4.69, 9.17) is 9.47 Å². The Labute approximate surface area is 176 Å². The standard InChI is InChI=1S/C24H28N2O4/c1-16-21(17-9-7-6-8-10-17)20-15-18(29-5)11-12-19(20)22(27)26(16)14-13-25-23(28)30-24(2,3)4/h6-12,15H,13-14H2,1-5H3,(H,25,28). The van der Waals surface area contributed by atoms with Crippen LogP contribution in [0.15, 0.2) is 53.3 Å². The molecule has 0 saturated carbocycles. The van der Waals surface area contributed by atoms with Crippen LogP contribution >= 0.6 is 0 Å². The van der Waals surface area contributed by atoms with Crippen LogP contribution in [0.25, 0.3) is 21.9 Å². The van der Waals surface area contributed by atoms with E-state index in [1.165, 1.54) is 0 Å². The van der Waals surface area contributed by atoms with Gasteiger partial charge in [-0.3, -0.25) is 4.79 Å². The molecule has 0 atom stereocenters. The lowest BCUT2D eigenvalue weighted by Crippen LogP contribution is -2.36. The summed E-state index contributed by atoms with van der Waals surface area (Å²) in [5, 5.41) is 4.18. The molecule has 1 N–H and O–H groups in total. The number of hydrogen-bond acceptors (Lipinski definition) is 4. The summed E-state index contributed by atoms with van der Waals surface area (Å²) in [5.41, 5.74) is 2.15. The molecule has 0 aliphatic carbocycles. The number of benzene rings is 2. The van der Waals surface area contributed by atoms with Crippen molar-refractivity contribution in [3.05, 3.63) is 64.6 Å². The molecule has 3 rings (SSSR count). The summed E-state index contributed by atoms with van der Waals surface area (Å²) >= 11 is 0. The van der Waals surface area contributed by atoms with Crippen LogP contribution in [-0.4, -0.2) is 29.9 Å². The fourth-order valence-corrected chi connectivity index (χ4v) is 3.49. The zero-order valence-corrected chi connectivity index (χ0v) is 18.1. The average molecular weight is 408 g/mol. The number of pyridine rings is 1. The van der Waals surface area contributed by atoms with Crippen molar-refractivity contribution in [1.29, 1.82) is 0 Å². The van der Waals surface area contributed by atoms with Gasteiger partial charge in [0, 0.05) is 35.1 Å². The molecule has 6 nitrogen and oxygen atoms in total. The van der Waals surface area contributed by atoms with Gasteiger partial charge in [0.1, 0.15) is 11.4 Å². The number of carbonyl (C=O) groups is 1. The van der Waals surface area contributed by atoms with Gasteiger partial charge in [-0.2, -0.15) is 0 Å². The Morgan fingerprint density at radius 3 is 2.40 bits per heavy atom. The van der Waals surface area contributed by atoms with Gasteiger partial charge >= 0.3 is 6.09 Å². The number of hydrogen-bond donors (Lipinski definition) is 1. The van der Waals surface area contributed by atoms with E-state index in [0.717, 1.165) is 22.2 Å². The van der Waals surface area contributed by atoms with Gasteiger partial charge in [0.15, 0.2) is 0 Å². The molecule has 1 amide bonds. The smallest absolute Gasteiger partial charge is 0.407 e. The highest BCUT2D eigenvalue weighted by molar-refractivity contribution is 5.98. The second-order valence-electron chi connectivity index (χ2n) is 8.12. The van der Waals surface area contributed by atoms with Crippen LogP contribution in [0.4, 0.5) is 4.79 Å². The lowest BCUT2D eigenvalue weighted by Gasteiger charge is -2.21. The van der Waals surface area contributed by atoms with Crippen molar-refractivity contribution < 1.29 is 14.3 Å². The summed E-state index contributed by atoms with van der Waals surface area (Å²) in [6.45, 7) is 7.98. The maximum Gasteiger partial charge on any atom is 0.407 e. The van der Waals surface area contributed by atoms with Gasteiger partial charge in [0.2, 0.25) is 0 Å². The summed E-state index contributed by atoms with van der Waals surface area (Å²) < 4.78 is 12.4. The zero-order chi connectivity index (χ0) is 21.9. The van der Waals surface area contributed by atoms with E-state index < -0.39 is 11.7 Å². The summed E-state index contributed by atoms with van der Waals surface area (Å²) in [5.74, 6) is 0.697. The Hall–Kier alpha value is -3.28. The summed E-state index contributed by atoms with van der Waals surface area (Å²) in [4.78, 5) is 25.2. The van der Waals surface area contributed by atoms with Gasteiger partial charge in [0.25, 0.3) is 5.56 Å². The van der Waals surface area contributed by atoms with E-state index in [0.29, 0.717) is 17.7 Å². The van der Waals surface area contributed by atoms with E-state index in [9.17, 15) is 9.59 Å². The fraction of sp³-hybridized carbons (Fsp3) is 0.333. The predicted octanol–water partition coefficient (Wildman–Crippen LogP) is 4.51. The third-order valence-electron chi connectivity index (χ3n) is 4.80. The molecule has 30 heavy (non-hydrogen) atoms. The quantitative estimate of drug-likeness (QED) is 0.674. The van der Waals surface area contributed by atoms with Crippen molar-refractivity contribution >= 4 is 16.9 Å². The number of amides is 1. The minimum absolute atomic E-state index is 0.101. The number of ether oxygens (including phenoxy) is 2. The van der Waals surface area contributed by atoms with Crippen LogP contribution in [0, 0.1) is 6.92 Å². The topological polar surface area (TPSA) is 69.6 Å². The summed E-state index contributed by atoms with van der Waals surface area (Å²) in [6, 6.07) is 15.4. The van der Waals surface area contributed by atoms with Crippen LogP contribution < -0.4 is 15.6 Å². The van der Waals surface area contributed by atoms with Crippen molar-refractivity contribution in [3.8, 4) is 16.9 Å². The first kappa shape index (κ1) is 21.4. The molecule has 3 aromatic rings. The van der Waals surface area contributed by atoms with Crippen molar-refractivity contribution in [3.63, 3.8) is 0 Å². The van der Waals surface area contributed by atoms with Crippen molar-refractivity contribution in [2.75, 3.05) is 13.7 Å². The molecule has 0 aliphatic rings. The normalized spacial score (nSPS) is 11.4. The molecule has 0 aliphatic heterocycles. The average Bonchev–Trinajstić information content (AvgIpc) is 2.69.